The van der Waals surface area contributed by atoms with Crippen LogP contribution < -0.4 is 10.6 Å². The third-order valence-corrected chi connectivity index (χ3v) is 6.09. The monoisotopic (exact) mass is 441 g/mol. The number of nitrogens with one attached hydrogen (secondary N) is 2. The molecular formula is C22H39N3O4S. The van der Waals surface area contributed by atoms with Gasteiger partial charge < -0.3 is 20.8 Å². The summed E-state index contributed by atoms with van der Waals surface area (Å²) in [4.78, 5) is 30.4. The lowest BCUT2D eigenvalue weighted by molar-refractivity contribution is -0.137. The van der Waals surface area contributed by atoms with Crippen LogP contribution in [-0.2, 0) is 9.59 Å². The molecule has 2 amide bonds. The maximum atomic E-state index is 12.7. The largest absolute Gasteiger partial charge is 0.390 e. The summed E-state index contributed by atoms with van der Waals surface area (Å²) in [6.45, 7) is 13.0. The minimum atomic E-state index is -1.19. The minimum absolute atomic E-state index is 0.281. The fraction of sp³-hybridized carbons (Fsp3) is 0.773. The molecule has 0 saturated heterocycles. The quantitative estimate of drug-likeness (QED) is 0.417. The van der Waals surface area contributed by atoms with Gasteiger partial charge in [-0.05, 0) is 50.9 Å². The van der Waals surface area contributed by atoms with Crippen LogP contribution >= 0.6 is 11.3 Å². The van der Waals surface area contributed by atoms with Crippen LogP contribution in [0.5, 0.6) is 0 Å². The Bertz CT molecular complexity index is 691. The number of hydrogen-bond donors (Lipinski definition) is 4. The van der Waals surface area contributed by atoms with Gasteiger partial charge in [0.25, 0.3) is 0 Å². The summed E-state index contributed by atoms with van der Waals surface area (Å²) in [5, 5.41) is 26.0. The molecule has 0 bridgehead atoms. The number of nitrogens with zero attached hydrogens (tertiary/aromatic N) is 1. The molecule has 0 fully saturated rings. The first kappa shape index (κ1) is 26.5. The zero-order chi connectivity index (χ0) is 23.1. The number of anilines is 1. The summed E-state index contributed by atoms with van der Waals surface area (Å²) in [5.74, 6) is -0.596. The van der Waals surface area contributed by atoms with Gasteiger partial charge in [-0.25, -0.2) is 4.98 Å². The Morgan fingerprint density at radius 2 is 1.80 bits per heavy atom. The van der Waals surface area contributed by atoms with E-state index < -0.39 is 29.1 Å². The zero-order valence-electron chi connectivity index (χ0n) is 19.4. The summed E-state index contributed by atoms with van der Waals surface area (Å²) in [7, 11) is 0. The molecule has 1 unspecified atom stereocenters. The number of hydrogen-bond acceptors (Lipinski definition) is 6. The van der Waals surface area contributed by atoms with E-state index in [2.05, 4.69) is 22.5 Å². The Hall–Kier alpha value is -1.51. The minimum Gasteiger partial charge on any atom is -0.390 e. The van der Waals surface area contributed by atoms with E-state index in [9.17, 15) is 19.8 Å². The van der Waals surface area contributed by atoms with Crippen molar-refractivity contribution in [3.8, 4) is 0 Å². The summed E-state index contributed by atoms with van der Waals surface area (Å²) >= 11 is 1.42. The maximum Gasteiger partial charge on any atom is 0.250 e. The highest BCUT2D eigenvalue weighted by Gasteiger charge is 2.32. The molecular weight excluding hydrogens is 402 g/mol. The fourth-order valence-corrected chi connectivity index (χ4v) is 3.85. The lowest BCUT2D eigenvalue weighted by atomic mass is 9.88. The SMILES string of the molecule is CCC[C@H](NC(=O)[C@@H](O)C(C)(C)C)C(=O)Nc1ncc(C(C)CCCC(C)(C)O)s1. The van der Waals surface area contributed by atoms with Gasteiger partial charge in [-0.2, -0.15) is 0 Å². The van der Waals surface area contributed by atoms with Crippen LogP contribution in [-0.4, -0.2) is 44.8 Å². The van der Waals surface area contributed by atoms with E-state index in [1.165, 1.54) is 11.3 Å². The molecule has 0 saturated carbocycles. The molecule has 4 N–H and O–H groups in total. The van der Waals surface area contributed by atoms with Crippen LogP contribution in [0, 0.1) is 5.41 Å². The summed E-state index contributed by atoms with van der Waals surface area (Å²) < 4.78 is 0. The van der Waals surface area contributed by atoms with Gasteiger partial charge in [0, 0.05) is 11.1 Å². The average Bonchev–Trinajstić information content (AvgIpc) is 3.07. The maximum absolute atomic E-state index is 12.7. The number of aliphatic hydroxyl groups excluding tert-OH is 1. The van der Waals surface area contributed by atoms with Gasteiger partial charge in [-0.1, -0.05) is 41.0 Å². The molecule has 8 heteroatoms. The lowest BCUT2D eigenvalue weighted by Gasteiger charge is -2.26. The van der Waals surface area contributed by atoms with Crippen molar-refractivity contribution in [2.45, 2.75) is 104 Å². The van der Waals surface area contributed by atoms with Crippen LogP contribution in [0.3, 0.4) is 0 Å². The Morgan fingerprint density at radius 3 is 2.33 bits per heavy atom. The second kappa shape index (κ2) is 11.2. The highest BCUT2D eigenvalue weighted by Crippen LogP contribution is 2.30. The Balaban J connectivity index is 2.69. The van der Waals surface area contributed by atoms with Gasteiger partial charge >= 0.3 is 0 Å². The van der Waals surface area contributed by atoms with E-state index in [4.69, 9.17) is 0 Å². The van der Waals surface area contributed by atoms with Crippen LogP contribution in [0.25, 0.3) is 0 Å². The molecule has 1 rings (SSSR count). The predicted molar refractivity (Wildman–Crippen MR) is 122 cm³/mol. The molecule has 172 valence electrons. The average molecular weight is 442 g/mol. The second-order valence-corrected chi connectivity index (χ2v) is 10.8. The molecule has 0 aliphatic heterocycles. The number of aliphatic hydroxyl groups is 2. The molecule has 3 atom stereocenters. The van der Waals surface area contributed by atoms with Crippen LogP contribution in [0.2, 0.25) is 0 Å². The smallest absolute Gasteiger partial charge is 0.250 e. The second-order valence-electron chi connectivity index (χ2n) is 9.78. The van der Waals surface area contributed by atoms with Gasteiger partial charge in [-0.15, -0.1) is 11.3 Å². The molecule has 7 nitrogen and oxygen atoms in total. The van der Waals surface area contributed by atoms with E-state index in [-0.39, 0.29) is 11.8 Å². The number of amides is 2. The van der Waals surface area contributed by atoms with Gasteiger partial charge in [0.1, 0.15) is 12.1 Å². The van der Waals surface area contributed by atoms with Crippen molar-refractivity contribution in [3.05, 3.63) is 11.1 Å². The van der Waals surface area contributed by atoms with Gasteiger partial charge in [0.2, 0.25) is 11.8 Å². The van der Waals surface area contributed by atoms with Crippen molar-refractivity contribution < 1.29 is 19.8 Å². The Labute approximate surface area is 184 Å². The standard InChI is InChI=1S/C22H39N3O4S/c1-8-10-15(24-19(28)17(26)21(3,4)5)18(27)25-20-23-13-16(30-20)14(2)11-9-12-22(6,7)29/h13-15,17,26,29H,8-12H2,1-7H3,(H,24,28)(H,23,25,27)/t14?,15-,17+/m0/s1. The van der Waals surface area contributed by atoms with E-state index in [0.29, 0.717) is 18.0 Å². The highest BCUT2D eigenvalue weighted by molar-refractivity contribution is 7.15. The van der Waals surface area contributed by atoms with Crippen molar-refractivity contribution in [3.63, 3.8) is 0 Å². The Kier molecular flexibility index (Phi) is 9.91. The predicted octanol–water partition coefficient (Wildman–Crippen LogP) is 3.82. The van der Waals surface area contributed by atoms with Gasteiger partial charge in [0.05, 0.1) is 5.60 Å². The van der Waals surface area contributed by atoms with Gasteiger partial charge in [-0.3, -0.25) is 9.59 Å². The van der Waals surface area contributed by atoms with Crippen molar-refractivity contribution in [2.24, 2.45) is 5.41 Å². The fourth-order valence-electron chi connectivity index (χ4n) is 2.95. The molecule has 0 spiro atoms. The third kappa shape index (κ3) is 9.10. The molecule has 0 aliphatic rings. The van der Waals surface area contributed by atoms with Crippen molar-refractivity contribution >= 4 is 28.3 Å². The Morgan fingerprint density at radius 1 is 1.17 bits per heavy atom. The van der Waals surface area contributed by atoms with E-state index in [1.807, 2.05) is 20.8 Å². The van der Waals surface area contributed by atoms with E-state index in [0.717, 1.165) is 24.1 Å². The first-order chi connectivity index (χ1) is 13.7. The number of carbonyl (C=O) groups is 2. The molecule has 1 heterocycles. The molecule has 1 aromatic heterocycles. The van der Waals surface area contributed by atoms with Crippen molar-refractivity contribution in [2.75, 3.05) is 5.32 Å². The summed E-state index contributed by atoms with van der Waals surface area (Å²) in [5.41, 5.74) is -1.27. The first-order valence-electron chi connectivity index (χ1n) is 10.7. The molecule has 1 aromatic rings. The number of rotatable bonds is 11. The van der Waals surface area contributed by atoms with Gasteiger partial charge in [0.15, 0.2) is 5.13 Å². The highest BCUT2D eigenvalue weighted by atomic mass is 32.1. The van der Waals surface area contributed by atoms with Crippen LogP contribution in [0.15, 0.2) is 6.20 Å². The lowest BCUT2D eigenvalue weighted by Crippen LogP contribution is -2.50. The number of aromatic nitrogens is 1. The van der Waals surface area contributed by atoms with Crippen molar-refractivity contribution in [1.29, 1.82) is 0 Å². The zero-order valence-corrected chi connectivity index (χ0v) is 20.2. The first-order valence-corrected chi connectivity index (χ1v) is 11.5. The van der Waals surface area contributed by atoms with E-state index >= 15 is 0 Å². The van der Waals surface area contributed by atoms with Crippen molar-refractivity contribution in [1.82, 2.24) is 10.3 Å². The molecule has 0 aromatic carbocycles. The normalized spacial score (nSPS) is 15.4. The molecule has 30 heavy (non-hydrogen) atoms. The third-order valence-electron chi connectivity index (χ3n) is 4.94. The summed E-state index contributed by atoms with van der Waals surface area (Å²) in [6.07, 6.45) is 4.33. The number of thiazole rings is 1. The summed E-state index contributed by atoms with van der Waals surface area (Å²) in [6, 6.07) is -0.726. The number of carbonyl (C=O) groups excluding carboxylic acids is 2. The van der Waals surface area contributed by atoms with Crippen LogP contribution in [0.4, 0.5) is 5.13 Å². The molecule has 0 aliphatic carbocycles. The van der Waals surface area contributed by atoms with E-state index in [1.54, 1.807) is 27.0 Å². The topological polar surface area (TPSA) is 112 Å². The van der Waals surface area contributed by atoms with Crippen LogP contribution in [0.1, 0.15) is 91.4 Å². The molecule has 0 radical (unpaired) electrons.